The van der Waals surface area contributed by atoms with Crippen molar-refractivity contribution in [2.24, 2.45) is 0 Å². The average molecular weight is 292 g/mol. The number of rotatable bonds is 4. The Hall–Kier alpha value is -2.52. The number of nitrogens with one attached hydrogen (secondary N) is 1. The van der Waals surface area contributed by atoms with E-state index in [0.29, 0.717) is 0 Å². The zero-order valence-electron chi connectivity index (χ0n) is 10.8. The molecule has 108 valence electrons. The van der Waals surface area contributed by atoms with Crippen molar-refractivity contribution >= 4 is 5.69 Å². The number of nitrogens with zero attached hydrogens (tertiary/aromatic N) is 1. The second kappa shape index (κ2) is 6.29. The van der Waals surface area contributed by atoms with Crippen LogP contribution in [0.25, 0.3) is 0 Å². The van der Waals surface area contributed by atoms with Gasteiger partial charge in [0.25, 0.3) is 0 Å². The van der Waals surface area contributed by atoms with E-state index in [2.05, 4.69) is 5.32 Å². The lowest BCUT2D eigenvalue weighted by Gasteiger charge is -2.15. The minimum Gasteiger partial charge on any atom is -0.386 e. The van der Waals surface area contributed by atoms with Crippen molar-refractivity contribution in [1.29, 1.82) is 5.26 Å². The Labute approximate surface area is 119 Å². The van der Waals surface area contributed by atoms with Gasteiger partial charge in [-0.3, -0.25) is 0 Å². The van der Waals surface area contributed by atoms with Crippen molar-refractivity contribution in [1.82, 2.24) is 0 Å². The second-order valence-corrected chi connectivity index (χ2v) is 4.34. The number of halogens is 3. The lowest BCUT2D eigenvalue weighted by molar-refractivity contribution is 0.186. The van der Waals surface area contributed by atoms with Crippen molar-refractivity contribution in [3.63, 3.8) is 0 Å². The monoisotopic (exact) mass is 292 g/mol. The van der Waals surface area contributed by atoms with Crippen molar-refractivity contribution in [3.8, 4) is 6.07 Å². The van der Waals surface area contributed by atoms with E-state index >= 15 is 0 Å². The number of aliphatic hydroxyl groups is 1. The fourth-order valence-electron chi connectivity index (χ4n) is 1.87. The molecule has 0 bridgehead atoms. The van der Waals surface area contributed by atoms with Crippen LogP contribution in [0.4, 0.5) is 18.9 Å². The topological polar surface area (TPSA) is 56.0 Å². The van der Waals surface area contributed by atoms with Crippen LogP contribution in [0.5, 0.6) is 0 Å². The molecule has 0 saturated heterocycles. The van der Waals surface area contributed by atoms with E-state index in [1.165, 1.54) is 12.1 Å². The predicted molar refractivity (Wildman–Crippen MR) is 70.9 cm³/mol. The number of anilines is 1. The van der Waals surface area contributed by atoms with E-state index in [4.69, 9.17) is 5.26 Å². The fraction of sp³-hybridized carbons (Fsp3) is 0.133. The van der Waals surface area contributed by atoms with Gasteiger partial charge in [0.2, 0.25) is 0 Å². The Morgan fingerprint density at radius 2 is 1.90 bits per heavy atom. The molecule has 2 aromatic carbocycles. The van der Waals surface area contributed by atoms with Gasteiger partial charge in [0, 0.05) is 12.1 Å². The van der Waals surface area contributed by atoms with Crippen molar-refractivity contribution in [2.75, 3.05) is 11.9 Å². The lowest BCUT2D eigenvalue weighted by atomic mass is 10.1. The SMILES string of the molecule is N#Cc1c(F)cccc1NCC(O)c1cc(F)ccc1F. The standard InChI is InChI=1S/C15H11F3N2O/c16-9-4-5-13(18)10(6-9)15(21)8-20-14-3-1-2-12(17)11(14)7-19/h1-6,15,20-21H,8H2. The van der Waals surface area contributed by atoms with E-state index in [9.17, 15) is 18.3 Å². The van der Waals surface area contributed by atoms with Gasteiger partial charge in [-0.15, -0.1) is 0 Å². The molecule has 21 heavy (non-hydrogen) atoms. The summed E-state index contributed by atoms with van der Waals surface area (Å²) in [5, 5.41) is 21.4. The van der Waals surface area contributed by atoms with Gasteiger partial charge in [0.1, 0.15) is 29.1 Å². The molecule has 0 aromatic heterocycles. The Balaban J connectivity index is 2.15. The summed E-state index contributed by atoms with van der Waals surface area (Å²) >= 11 is 0. The Morgan fingerprint density at radius 3 is 2.62 bits per heavy atom. The summed E-state index contributed by atoms with van der Waals surface area (Å²) in [5.41, 5.74) is -0.241. The molecule has 6 heteroatoms. The maximum atomic E-state index is 13.5. The van der Waals surface area contributed by atoms with E-state index < -0.39 is 23.6 Å². The molecule has 2 aromatic rings. The molecular formula is C15H11F3N2O. The highest BCUT2D eigenvalue weighted by atomic mass is 19.1. The highest BCUT2D eigenvalue weighted by molar-refractivity contribution is 5.58. The van der Waals surface area contributed by atoms with Crippen LogP contribution in [-0.2, 0) is 0 Å². The summed E-state index contributed by atoms with van der Waals surface area (Å²) in [5.74, 6) is -2.12. The van der Waals surface area contributed by atoms with Crippen LogP contribution in [0.3, 0.4) is 0 Å². The Bertz CT molecular complexity index is 698. The summed E-state index contributed by atoms with van der Waals surface area (Å²) < 4.78 is 39.9. The zero-order chi connectivity index (χ0) is 15.4. The first kappa shape index (κ1) is 14.9. The third kappa shape index (κ3) is 3.33. The molecule has 0 saturated carbocycles. The van der Waals surface area contributed by atoms with Crippen LogP contribution in [0, 0.1) is 28.8 Å². The van der Waals surface area contributed by atoms with Gasteiger partial charge >= 0.3 is 0 Å². The van der Waals surface area contributed by atoms with E-state index in [-0.39, 0.29) is 23.4 Å². The molecule has 0 fully saturated rings. The average Bonchev–Trinajstić information content (AvgIpc) is 2.47. The largest absolute Gasteiger partial charge is 0.386 e. The summed E-state index contributed by atoms with van der Waals surface area (Å²) in [4.78, 5) is 0. The number of nitriles is 1. The molecule has 0 spiro atoms. The number of aliphatic hydroxyl groups excluding tert-OH is 1. The third-order valence-electron chi connectivity index (χ3n) is 2.93. The van der Waals surface area contributed by atoms with Gasteiger partial charge in [0.15, 0.2) is 0 Å². The van der Waals surface area contributed by atoms with E-state index in [0.717, 1.165) is 24.3 Å². The fourth-order valence-corrected chi connectivity index (χ4v) is 1.87. The maximum Gasteiger partial charge on any atom is 0.143 e. The third-order valence-corrected chi connectivity index (χ3v) is 2.93. The molecule has 2 N–H and O–H groups in total. The van der Waals surface area contributed by atoms with Gasteiger partial charge in [-0.2, -0.15) is 5.26 Å². The molecule has 1 unspecified atom stereocenters. The van der Waals surface area contributed by atoms with Gasteiger partial charge in [-0.1, -0.05) is 6.07 Å². The van der Waals surface area contributed by atoms with Crippen LogP contribution in [0.1, 0.15) is 17.2 Å². The molecule has 0 radical (unpaired) electrons. The lowest BCUT2D eigenvalue weighted by Crippen LogP contribution is -2.14. The van der Waals surface area contributed by atoms with Crippen LogP contribution in [-0.4, -0.2) is 11.7 Å². The molecule has 0 aliphatic rings. The Morgan fingerprint density at radius 1 is 1.14 bits per heavy atom. The van der Waals surface area contributed by atoms with Crippen molar-refractivity contribution in [3.05, 3.63) is 65.0 Å². The van der Waals surface area contributed by atoms with E-state index in [1.807, 2.05) is 0 Å². The molecule has 3 nitrogen and oxygen atoms in total. The molecular weight excluding hydrogens is 281 g/mol. The number of hydrogen-bond donors (Lipinski definition) is 2. The second-order valence-electron chi connectivity index (χ2n) is 4.34. The van der Waals surface area contributed by atoms with Crippen LogP contribution < -0.4 is 5.32 Å². The molecule has 0 aliphatic carbocycles. The van der Waals surface area contributed by atoms with Gasteiger partial charge < -0.3 is 10.4 Å². The van der Waals surface area contributed by atoms with Gasteiger partial charge in [-0.25, -0.2) is 13.2 Å². The van der Waals surface area contributed by atoms with Crippen LogP contribution >= 0.6 is 0 Å². The quantitative estimate of drug-likeness (QED) is 0.910. The summed E-state index contributed by atoms with van der Waals surface area (Å²) in [6.45, 7) is -0.196. The van der Waals surface area contributed by atoms with Crippen LogP contribution in [0.2, 0.25) is 0 Å². The normalized spacial score (nSPS) is 11.8. The molecule has 1 atom stereocenters. The zero-order valence-corrected chi connectivity index (χ0v) is 10.8. The summed E-state index contributed by atoms with van der Waals surface area (Å²) in [6, 6.07) is 8.42. The molecule has 0 heterocycles. The highest BCUT2D eigenvalue weighted by Crippen LogP contribution is 2.21. The molecule has 2 rings (SSSR count). The van der Waals surface area contributed by atoms with E-state index in [1.54, 1.807) is 6.07 Å². The highest BCUT2D eigenvalue weighted by Gasteiger charge is 2.15. The summed E-state index contributed by atoms with van der Waals surface area (Å²) in [6.07, 6.45) is -1.34. The Kier molecular flexibility index (Phi) is 4.45. The van der Waals surface area contributed by atoms with Crippen molar-refractivity contribution in [2.45, 2.75) is 6.10 Å². The van der Waals surface area contributed by atoms with Gasteiger partial charge in [-0.05, 0) is 30.3 Å². The minimum atomic E-state index is -1.34. The number of hydrogen-bond acceptors (Lipinski definition) is 3. The smallest absolute Gasteiger partial charge is 0.143 e. The minimum absolute atomic E-state index is 0.174. The predicted octanol–water partition coefficient (Wildman–Crippen LogP) is 3.12. The molecule has 0 aliphatic heterocycles. The first-order chi connectivity index (χ1) is 10.0. The maximum absolute atomic E-state index is 13.5. The summed E-state index contributed by atoms with van der Waals surface area (Å²) in [7, 11) is 0. The van der Waals surface area contributed by atoms with Crippen LogP contribution in [0.15, 0.2) is 36.4 Å². The first-order valence-corrected chi connectivity index (χ1v) is 6.08. The number of benzene rings is 2. The molecule has 0 amide bonds. The van der Waals surface area contributed by atoms with Gasteiger partial charge in [0.05, 0.1) is 11.8 Å². The van der Waals surface area contributed by atoms with Crippen molar-refractivity contribution < 1.29 is 18.3 Å². The first-order valence-electron chi connectivity index (χ1n) is 6.08.